The Labute approximate surface area is 110 Å². The first-order chi connectivity index (χ1) is 8.81. The molecule has 0 aliphatic carbocycles. The van der Waals surface area contributed by atoms with Crippen LogP contribution in [0, 0.1) is 5.92 Å². The highest BCUT2D eigenvalue weighted by molar-refractivity contribution is 5.33. The molecule has 1 unspecified atom stereocenters. The first kappa shape index (κ1) is 15.0. The molecule has 1 aromatic carbocycles. The quantitative estimate of drug-likeness (QED) is 0.731. The maximum absolute atomic E-state index is 5.56. The minimum atomic E-state index is 0.487. The Morgan fingerprint density at radius 3 is 2.67 bits per heavy atom. The minimum Gasteiger partial charge on any atom is -0.496 e. The molecule has 1 rings (SSSR count). The van der Waals surface area contributed by atoms with Gasteiger partial charge in [-0.2, -0.15) is 0 Å². The third-order valence-electron chi connectivity index (χ3n) is 2.94. The van der Waals surface area contributed by atoms with Crippen LogP contribution in [0.25, 0.3) is 0 Å². The van der Waals surface area contributed by atoms with Crippen molar-refractivity contribution >= 4 is 0 Å². The summed E-state index contributed by atoms with van der Waals surface area (Å²) < 4.78 is 11.0. The largest absolute Gasteiger partial charge is 0.496 e. The van der Waals surface area contributed by atoms with E-state index in [0.29, 0.717) is 5.92 Å². The van der Waals surface area contributed by atoms with Gasteiger partial charge in [-0.3, -0.25) is 0 Å². The van der Waals surface area contributed by atoms with Crippen molar-refractivity contribution in [3.05, 3.63) is 29.8 Å². The number of ether oxygens (including phenoxy) is 2. The third-order valence-corrected chi connectivity index (χ3v) is 2.94. The van der Waals surface area contributed by atoms with Crippen LogP contribution in [0.4, 0.5) is 0 Å². The number of hydrogen-bond donors (Lipinski definition) is 1. The number of para-hydroxylation sites is 1. The average molecular weight is 251 g/mol. The van der Waals surface area contributed by atoms with Crippen LogP contribution < -0.4 is 10.1 Å². The van der Waals surface area contributed by atoms with E-state index in [1.807, 2.05) is 19.1 Å². The fourth-order valence-corrected chi connectivity index (χ4v) is 2.01. The zero-order chi connectivity index (χ0) is 13.2. The number of hydrogen-bond acceptors (Lipinski definition) is 3. The van der Waals surface area contributed by atoms with Gasteiger partial charge in [-0.15, -0.1) is 0 Å². The Kier molecular flexibility index (Phi) is 7.46. The molecule has 0 saturated heterocycles. The second-order valence-electron chi connectivity index (χ2n) is 4.35. The van der Waals surface area contributed by atoms with Gasteiger partial charge in [-0.05, 0) is 37.4 Å². The third kappa shape index (κ3) is 5.07. The first-order valence-corrected chi connectivity index (χ1v) is 6.72. The van der Waals surface area contributed by atoms with Gasteiger partial charge in [0, 0.05) is 13.2 Å². The molecule has 18 heavy (non-hydrogen) atoms. The van der Waals surface area contributed by atoms with E-state index in [0.717, 1.165) is 38.5 Å². The lowest BCUT2D eigenvalue weighted by atomic mass is 9.99. The molecule has 0 aliphatic rings. The molecule has 1 N–H and O–H groups in total. The molecule has 3 nitrogen and oxygen atoms in total. The van der Waals surface area contributed by atoms with Gasteiger partial charge < -0.3 is 14.8 Å². The summed E-state index contributed by atoms with van der Waals surface area (Å²) in [6.45, 7) is 7.70. The van der Waals surface area contributed by atoms with Crippen molar-refractivity contribution < 1.29 is 9.47 Å². The Morgan fingerprint density at radius 2 is 2.00 bits per heavy atom. The van der Waals surface area contributed by atoms with E-state index in [1.165, 1.54) is 5.56 Å². The second kappa shape index (κ2) is 8.95. The van der Waals surface area contributed by atoms with Crippen LogP contribution in [-0.4, -0.2) is 33.4 Å². The molecule has 1 atom stereocenters. The molecule has 0 aliphatic heterocycles. The van der Waals surface area contributed by atoms with Crippen molar-refractivity contribution in [3.8, 4) is 5.75 Å². The highest BCUT2D eigenvalue weighted by atomic mass is 16.5. The highest BCUT2D eigenvalue weighted by Crippen LogP contribution is 2.21. The SMILES string of the molecule is CCNCC(COCC)Cc1ccccc1OC. The summed E-state index contributed by atoms with van der Waals surface area (Å²) in [6, 6.07) is 8.21. The fraction of sp³-hybridized carbons (Fsp3) is 0.600. The predicted molar refractivity (Wildman–Crippen MR) is 75.2 cm³/mol. The topological polar surface area (TPSA) is 30.5 Å². The molecule has 1 aromatic rings. The zero-order valence-corrected chi connectivity index (χ0v) is 11.7. The Morgan fingerprint density at radius 1 is 1.22 bits per heavy atom. The molecule has 0 heterocycles. The van der Waals surface area contributed by atoms with Crippen LogP contribution in [0.2, 0.25) is 0 Å². The van der Waals surface area contributed by atoms with E-state index in [1.54, 1.807) is 7.11 Å². The molecule has 3 heteroatoms. The standard InChI is InChI=1S/C15H25NO2/c1-4-16-11-13(12-18-5-2)10-14-8-6-7-9-15(14)17-3/h6-9,13,16H,4-5,10-12H2,1-3H3. The molecule has 102 valence electrons. The Bertz CT molecular complexity index is 320. The normalized spacial score (nSPS) is 12.4. The van der Waals surface area contributed by atoms with Crippen molar-refractivity contribution in [1.29, 1.82) is 0 Å². The number of rotatable bonds is 9. The van der Waals surface area contributed by atoms with Gasteiger partial charge in [0.15, 0.2) is 0 Å². The molecule has 0 amide bonds. The van der Waals surface area contributed by atoms with Crippen molar-refractivity contribution in [2.45, 2.75) is 20.3 Å². The van der Waals surface area contributed by atoms with Crippen LogP contribution in [0.15, 0.2) is 24.3 Å². The molecule has 0 bridgehead atoms. The van der Waals surface area contributed by atoms with Crippen LogP contribution in [0.5, 0.6) is 5.75 Å². The van der Waals surface area contributed by atoms with Crippen molar-refractivity contribution in [2.75, 3.05) is 33.4 Å². The Balaban J connectivity index is 2.62. The summed E-state index contributed by atoms with van der Waals surface area (Å²) >= 11 is 0. The summed E-state index contributed by atoms with van der Waals surface area (Å²) in [6.07, 6.45) is 0.983. The van der Waals surface area contributed by atoms with Gasteiger partial charge in [-0.25, -0.2) is 0 Å². The van der Waals surface area contributed by atoms with E-state index in [-0.39, 0.29) is 0 Å². The van der Waals surface area contributed by atoms with Crippen LogP contribution in [0.1, 0.15) is 19.4 Å². The minimum absolute atomic E-state index is 0.487. The predicted octanol–water partition coefficient (Wildman–Crippen LogP) is 2.50. The summed E-state index contributed by atoms with van der Waals surface area (Å²) in [5.41, 5.74) is 1.25. The van der Waals surface area contributed by atoms with Crippen molar-refractivity contribution in [2.24, 2.45) is 5.92 Å². The number of methoxy groups -OCH3 is 1. The van der Waals surface area contributed by atoms with Crippen molar-refractivity contribution in [1.82, 2.24) is 5.32 Å². The lowest BCUT2D eigenvalue weighted by molar-refractivity contribution is 0.109. The Hall–Kier alpha value is -1.06. The molecule has 0 saturated carbocycles. The molecule has 0 spiro atoms. The maximum Gasteiger partial charge on any atom is 0.122 e. The van der Waals surface area contributed by atoms with Crippen molar-refractivity contribution in [3.63, 3.8) is 0 Å². The van der Waals surface area contributed by atoms with Gasteiger partial charge in [0.25, 0.3) is 0 Å². The van der Waals surface area contributed by atoms with Gasteiger partial charge in [0.2, 0.25) is 0 Å². The molecule has 0 aromatic heterocycles. The first-order valence-electron chi connectivity index (χ1n) is 6.72. The lowest BCUT2D eigenvalue weighted by Gasteiger charge is -2.18. The summed E-state index contributed by atoms with van der Waals surface area (Å²) in [5.74, 6) is 1.46. The monoisotopic (exact) mass is 251 g/mol. The van der Waals surface area contributed by atoms with Crippen LogP contribution in [-0.2, 0) is 11.2 Å². The molecule has 0 fully saturated rings. The van der Waals surface area contributed by atoms with Gasteiger partial charge in [-0.1, -0.05) is 25.1 Å². The van der Waals surface area contributed by atoms with E-state index >= 15 is 0 Å². The summed E-state index contributed by atoms with van der Waals surface area (Å²) in [7, 11) is 1.72. The second-order valence-corrected chi connectivity index (χ2v) is 4.35. The average Bonchev–Trinajstić information content (AvgIpc) is 2.42. The van der Waals surface area contributed by atoms with Gasteiger partial charge >= 0.3 is 0 Å². The lowest BCUT2D eigenvalue weighted by Crippen LogP contribution is -2.27. The van der Waals surface area contributed by atoms with E-state index in [9.17, 15) is 0 Å². The summed E-state index contributed by atoms with van der Waals surface area (Å²) in [5, 5.41) is 3.39. The summed E-state index contributed by atoms with van der Waals surface area (Å²) in [4.78, 5) is 0. The van der Waals surface area contributed by atoms with E-state index in [4.69, 9.17) is 9.47 Å². The number of benzene rings is 1. The number of nitrogens with one attached hydrogen (secondary N) is 1. The van der Waals surface area contributed by atoms with E-state index in [2.05, 4.69) is 24.4 Å². The molecular weight excluding hydrogens is 226 g/mol. The highest BCUT2D eigenvalue weighted by Gasteiger charge is 2.12. The zero-order valence-electron chi connectivity index (χ0n) is 11.7. The fourth-order valence-electron chi connectivity index (χ4n) is 2.01. The van der Waals surface area contributed by atoms with Crippen LogP contribution >= 0.6 is 0 Å². The van der Waals surface area contributed by atoms with Gasteiger partial charge in [0.1, 0.15) is 5.75 Å². The smallest absolute Gasteiger partial charge is 0.122 e. The van der Waals surface area contributed by atoms with Crippen LogP contribution in [0.3, 0.4) is 0 Å². The maximum atomic E-state index is 5.56. The molecular formula is C15H25NO2. The molecule has 0 radical (unpaired) electrons. The van der Waals surface area contributed by atoms with E-state index < -0.39 is 0 Å². The van der Waals surface area contributed by atoms with Gasteiger partial charge in [0.05, 0.1) is 13.7 Å².